The van der Waals surface area contributed by atoms with Gasteiger partial charge in [-0.15, -0.1) is 0 Å². The second-order valence-corrected chi connectivity index (χ2v) is 8.74. The monoisotopic (exact) mass is 490 g/mol. The molecule has 178 valence electrons. The first-order chi connectivity index (χ1) is 16.8. The zero-order valence-electron chi connectivity index (χ0n) is 18.9. The fraction of sp³-hybridized carbons (Fsp3) is 0.115. The van der Waals surface area contributed by atoms with E-state index < -0.39 is 17.8 Å². The van der Waals surface area contributed by atoms with Crippen LogP contribution in [-0.2, 0) is 11.4 Å². The van der Waals surface area contributed by atoms with E-state index in [0.717, 1.165) is 16.9 Å². The number of nitrogen functional groups attached to an aromatic ring is 1. The third-order valence-electron chi connectivity index (χ3n) is 5.32. The number of carbonyl (C=O) groups is 2. The highest BCUT2D eigenvalue weighted by Gasteiger charge is 2.27. The number of nitrogens with two attached hydrogens (primary N) is 2. The Morgan fingerprint density at radius 3 is 2.31 bits per heavy atom. The van der Waals surface area contributed by atoms with Gasteiger partial charge in [-0.1, -0.05) is 41.7 Å². The van der Waals surface area contributed by atoms with Crippen LogP contribution in [0.1, 0.15) is 27.7 Å². The van der Waals surface area contributed by atoms with Crippen LogP contribution in [0.25, 0.3) is 0 Å². The highest BCUT2D eigenvalue weighted by atomic mass is 32.1. The minimum Gasteiger partial charge on any atom is -0.489 e. The lowest BCUT2D eigenvalue weighted by atomic mass is 10.1. The summed E-state index contributed by atoms with van der Waals surface area (Å²) < 4.78 is 19.2. The quantitative estimate of drug-likeness (QED) is 0.329. The molecule has 7 nitrogen and oxygen atoms in total. The first-order valence-corrected chi connectivity index (χ1v) is 11.6. The molecule has 4 aromatic rings. The summed E-state index contributed by atoms with van der Waals surface area (Å²) in [5, 5.41) is 0.298. The number of primary amides is 1. The van der Waals surface area contributed by atoms with E-state index in [0.29, 0.717) is 28.7 Å². The summed E-state index contributed by atoms with van der Waals surface area (Å²) in [6.07, 6.45) is 0. The number of anilines is 3. The molecule has 0 fully saturated rings. The highest BCUT2D eigenvalue weighted by molar-refractivity contribution is 7.18. The Morgan fingerprint density at radius 1 is 1.03 bits per heavy atom. The maximum atomic E-state index is 13.4. The Labute approximate surface area is 205 Å². The van der Waals surface area contributed by atoms with Gasteiger partial charge in [-0.3, -0.25) is 9.59 Å². The number of benzene rings is 3. The second-order valence-electron chi connectivity index (χ2n) is 7.76. The maximum Gasteiger partial charge on any atom is 0.240 e. The van der Waals surface area contributed by atoms with Crippen molar-refractivity contribution < 1.29 is 18.7 Å². The summed E-state index contributed by atoms with van der Waals surface area (Å²) in [6.45, 7) is 2.01. The number of hydrogen-bond acceptors (Lipinski definition) is 7. The van der Waals surface area contributed by atoms with E-state index in [2.05, 4.69) is 4.98 Å². The standard InChI is InChI=1S/C26H23FN4O3S/c1-16(25(29)33)31(20-11-9-19(27)10-12-20)26-30-24(28)23(35-26)22(32)18-7-13-21(14-8-18)34-15-17-5-3-2-4-6-17/h2-14,16H,15,28H2,1H3,(H2,29,33)/t16-/m1/s1. The molecule has 0 spiro atoms. The van der Waals surface area contributed by atoms with Gasteiger partial charge in [-0.05, 0) is 61.0 Å². The Morgan fingerprint density at radius 2 is 1.69 bits per heavy atom. The van der Waals surface area contributed by atoms with E-state index in [1.165, 1.54) is 29.2 Å². The predicted molar refractivity (Wildman–Crippen MR) is 134 cm³/mol. The number of ether oxygens (including phenoxy) is 1. The molecule has 0 aliphatic rings. The van der Waals surface area contributed by atoms with Gasteiger partial charge in [0, 0.05) is 11.3 Å². The molecular weight excluding hydrogens is 467 g/mol. The molecular formula is C26H23FN4O3S. The number of thiazole rings is 1. The molecule has 0 radical (unpaired) electrons. The number of aromatic nitrogens is 1. The maximum absolute atomic E-state index is 13.4. The van der Waals surface area contributed by atoms with Gasteiger partial charge in [0.15, 0.2) is 5.13 Å². The smallest absolute Gasteiger partial charge is 0.240 e. The summed E-state index contributed by atoms with van der Waals surface area (Å²) >= 11 is 1.03. The molecule has 9 heteroatoms. The molecule has 4 rings (SSSR count). The number of carbonyl (C=O) groups excluding carboxylic acids is 2. The molecule has 4 N–H and O–H groups in total. The number of ketones is 1. The molecule has 0 aliphatic carbocycles. The van der Waals surface area contributed by atoms with Crippen molar-refractivity contribution in [2.45, 2.75) is 19.6 Å². The van der Waals surface area contributed by atoms with Gasteiger partial charge in [0.1, 0.15) is 34.9 Å². The largest absolute Gasteiger partial charge is 0.489 e. The van der Waals surface area contributed by atoms with Gasteiger partial charge in [-0.2, -0.15) is 0 Å². The van der Waals surface area contributed by atoms with E-state index in [1.807, 2.05) is 30.3 Å². The zero-order valence-corrected chi connectivity index (χ0v) is 19.7. The molecule has 35 heavy (non-hydrogen) atoms. The van der Waals surface area contributed by atoms with E-state index in [9.17, 15) is 14.0 Å². The SMILES string of the molecule is C[C@H](C(N)=O)N(c1ccc(F)cc1)c1nc(N)c(C(=O)c2ccc(OCc3ccccc3)cc2)s1. The van der Waals surface area contributed by atoms with Crippen LogP contribution in [0.4, 0.5) is 21.0 Å². The topological polar surface area (TPSA) is 112 Å². The molecule has 1 amide bonds. The average Bonchev–Trinajstić information content (AvgIpc) is 3.25. The summed E-state index contributed by atoms with van der Waals surface area (Å²) in [4.78, 5) is 31.2. The van der Waals surface area contributed by atoms with Crippen LogP contribution in [0.2, 0.25) is 0 Å². The molecule has 3 aromatic carbocycles. The zero-order chi connectivity index (χ0) is 24.9. The van der Waals surface area contributed by atoms with E-state index in [-0.39, 0.29) is 16.5 Å². The van der Waals surface area contributed by atoms with Crippen LogP contribution in [0, 0.1) is 5.82 Å². The van der Waals surface area contributed by atoms with Gasteiger partial charge in [0.05, 0.1) is 0 Å². The van der Waals surface area contributed by atoms with Gasteiger partial charge < -0.3 is 21.1 Å². The van der Waals surface area contributed by atoms with Crippen molar-refractivity contribution in [2.24, 2.45) is 5.73 Å². The fourth-order valence-corrected chi connectivity index (χ4v) is 4.44. The second kappa shape index (κ2) is 10.4. The number of nitrogens with zero attached hydrogens (tertiary/aromatic N) is 2. The molecule has 1 atom stereocenters. The van der Waals surface area contributed by atoms with Crippen molar-refractivity contribution in [1.29, 1.82) is 0 Å². The van der Waals surface area contributed by atoms with Crippen molar-refractivity contribution in [2.75, 3.05) is 10.6 Å². The van der Waals surface area contributed by atoms with Crippen LogP contribution >= 0.6 is 11.3 Å². The minimum atomic E-state index is -0.810. The van der Waals surface area contributed by atoms with Crippen molar-refractivity contribution in [3.63, 3.8) is 0 Å². The first kappa shape index (κ1) is 23.9. The van der Waals surface area contributed by atoms with E-state index >= 15 is 0 Å². The van der Waals surface area contributed by atoms with Crippen LogP contribution in [0.15, 0.2) is 78.9 Å². The lowest BCUT2D eigenvalue weighted by Gasteiger charge is -2.26. The summed E-state index contributed by atoms with van der Waals surface area (Å²) in [5.41, 5.74) is 13.6. The van der Waals surface area contributed by atoms with Gasteiger partial charge in [0.2, 0.25) is 11.7 Å². The van der Waals surface area contributed by atoms with Crippen LogP contribution in [0.5, 0.6) is 5.75 Å². The minimum absolute atomic E-state index is 0.0307. The van der Waals surface area contributed by atoms with Crippen LogP contribution < -0.4 is 21.1 Å². The Bertz CT molecular complexity index is 1330. The van der Waals surface area contributed by atoms with Crippen molar-refractivity contribution in [3.05, 3.63) is 101 Å². The highest BCUT2D eigenvalue weighted by Crippen LogP contribution is 2.36. The van der Waals surface area contributed by atoms with Crippen molar-refractivity contribution in [3.8, 4) is 5.75 Å². The molecule has 0 saturated heterocycles. The number of amides is 1. The molecule has 0 bridgehead atoms. The lowest BCUT2D eigenvalue weighted by Crippen LogP contribution is -2.39. The van der Waals surface area contributed by atoms with E-state index in [1.54, 1.807) is 31.2 Å². The van der Waals surface area contributed by atoms with E-state index in [4.69, 9.17) is 16.2 Å². The van der Waals surface area contributed by atoms with Crippen molar-refractivity contribution >= 4 is 39.7 Å². The van der Waals surface area contributed by atoms with Crippen LogP contribution in [-0.4, -0.2) is 22.7 Å². The Hall–Kier alpha value is -4.24. The third kappa shape index (κ3) is 5.47. The van der Waals surface area contributed by atoms with Crippen molar-refractivity contribution in [1.82, 2.24) is 4.98 Å². The average molecular weight is 491 g/mol. The number of rotatable bonds is 9. The summed E-state index contributed by atoms with van der Waals surface area (Å²) in [7, 11) is 0. The first-order valence-electron chi connectivity index (χ1n) is 10.8. The fourth-order valence-electron chi connectivity index (χ4n) is 3.39. The molecule has 0 aliphatic heterocycles. The Kier molecular flexibility index (Phi) is 7.07. The Balaban J connectivity index is 1.56. The van der Waals surface area contributed by atoms with Gasteiger partial charge in [0.25, 0.3) is 0 Å². The lowest BCUT2D eigenvalue weighted by molar-refractivity contribution is -0.118. The summed E-state index contributed by atoms with van der Waals surface area (Å²) in [5.74, 6) is -0.691. The predicted octanol–water partition coefficient (Wildman–Crippen LogP) is 4.69. The molecule has 0 saturated carbocycles. The molecule has 0 unspecified atom stereocenters. The summed E-state index contributed by atoms with van der Waals surface area (Å²) in [6, 6.07) is 21.2. The normalized spacial score (nSPS) is 11.6. The molecule has 1 heterocycles. The number of hydrogen-bond donors (Lipinski definition) is 2. The molecule has 1 aromatic heterocycles. The van der Waals surface area contributed by atoms with Gasteiger partial charge >= 0.3 is 0 Å². The van der Waals surface area contributed by atoms with Crippen LogP contribution in [0.3, 0.4) is 0 Å². The number of halogens is 1. The third-order valence-corrected chi connectivity index (χ3v) is 6.39. The van der Waals surface area contributed by atoms with Gasteiger partial charge in [-0.25, -0.2) is 9.37 Å².